The van der Waals surface area contributed by atoms with Gasteiger partial charge < -0.3 is 4.74 Å². The fourth-order valence-corrected chi connectivity index (χ4v) is 1.56. The third kappa shape index (κ3) is 1.99. The molecule has 1 aromatic heterocycles. The van der Waals surface area contributed by atoms with Gasteiger partial charge in [-0.2, -0.15) is 0 Å². The number of pyridine rings is 1. The van der Waals surface area contributed by atoms with Crippen LogP contribution in [-0.2, 0) is 0 Å². The number of rotatable bonds is 3. The first-order valence-corrected chi connectivity index (χ1v) is 5.15. The molecule has 0 bridgehead atoms. The van der Waals surface area contributed by atoms with E-state index in [4.69, 9.17) is 4.74 Å². The summed E-state index contributed by atoms with van der Waals surface area (Å²) in [5, 5.41) is 0. The number of nitrogens with zero attached hydrogens (tertiary/aromatic N) is 1. The van der Waals surface area contributed by atoms with Gasteiger partial charge in [-0.25, -0.2) is 4.98 Å². The molecule has 1 aliphatic rings. The number of aldehydes is 1. The molecule has 0 radical (unpaired) electrons. The molecule has 0 saturated heterocycles. The van der Waals surface area contributed by atoms with E-state index in [-0.39, 0.29) is 0 Å². The van der Waals surface area contributed by atoms with Crippen molar-refractivity contribution < 1.29 is 9.53 Å². The van der Waals surface area contributed by atoms with Crippen molar-refractivity contribution in [2.45, 2.75) is 18.9 Å². The first-order valence-electron chi connectivity index (χ1n) is 4.07. The van der Waals surface area contributed by atoms with Crippen LogP contribution in [0.1, 0.15) is 23.3 Å². The maximum Gasteiger partial charge on any atom is 0.172 e. The molecule has 1 aromatic rings. The SMILES string of the molecule is O=Cc1nccc(I)c1OC1CC1. The minimum atomic E-state index is 0.302. The first kappa shape index (κ1) is 8.93. The highest BCUT2D eigenvalue weighted by Gasteiger charge is 2.25. The van der Waals surface area contributed by atoms with Gasteiger partial charge >= 0.3 is 0 Å². The highest BCUT2D eigenvalue weighted by atomic mass is 127. The van der Waals surface area contributed by atoms with E-state index in [9.17, 15) is 4.79 Å². The van der Waals surface area contributed by atoms with Crippen molar-refractivity contribution in [1.29, 1.82) is 0 Å². The zero-order valence-electron chi connectivity index (χ0n) is 6.87. The van der Waals surface area contributed by atoms with E-state index in [1.807, 2.05) is 6.07 Å². The summed E-state index contributed by atoms with van der Waals surface area (Å²) in [6.45, 7) is 0. The molecular weight excluding hydrogens is 281 g/mol. The van der Waals surface area contributed by atoms with Crippen LogP contribution in [0, 0.1) is 3.57 Å². The fraction of sp³-hybridized carbons (Fsp3) is 0.333. The Morgan fingerprint density at radius 2 is 2.38 bits per heavy atom. The molecule has 68 valence electrons. The van der Waals surface area contributed by atoms with Crippen LogP contribution in [0.4, 0.5) is 0 Å². The summed E-state index contributed by atoms with van der Waals surface area (Å²) < 4.78 is 6.52. The topological polar surface area (TPSA) is 39.2 Å². The van der Waals surface area contributed by atoms with Crippen LogP contribution < -0.4 is 4.74 Å². The highest BCUT2D eigenvalue weighted by molar-refractivity contribution is 14.1. The highest BCUT2D eigenvalue weighted by Crippen LogP contribution is 2.31. The Kier molecular flexibility index (Phi) is 2.48. The average Bonchev–Trinajstić information content (AvgIpc) is 2.92. The normalized spacial score (nSPS) is 15.5. The van der Waals surface area contributed by atoms with Gasteiger partial charge in [0.15, 0.2) is 12.0 Å². The number of halogens is 1. The number of hydrogen-bond acceptors (Lipinski definition) is 3. The molecule has 2 rings (SSSR count). The molecule has 3 nitrogen and oxygen atoms in total. The van der Waals surface area contributed by atoms with E-state index in [0.717, 1.165) is 22.7 Å². The molecule has 0 aromatic carbocycles. The number of carbonyl (C=O) groups excluding carboxylic acids is 1. The van der Waals surface area contributed by atoms with E-state index in [0.29, 0.717) is 17.5 Å². The maximum atomic E-state index is 10.6. The van der Waals surface area contributed by atoms with Crippen LogP contribution in [0.15, 0.2) is 12.3 Å². The molecule has 1 fully saturated rings. The van der Waals surface area contributed by atoms with Gasteiger partial charge in [-0.05, 0) is 41.5 Å². The summed E-state index contributed by atoms with van der Waals surface area (Å²) in [5.74, 6) is 0.639. The summed E-state index contributed by atoms with van der Waals surface area (Å²) in [5.41, 5.74) is 0.402. The molecule has 0 aliphatic heterocycles. The van der Waals surface area contributed by atoms with Crippen LogP contribution in [0.25, 0.3) is 0 Å². The van der Waals surface area contributed by atoms with Crippen molar-refractivity contribution in [2.75, 3.05) is 0 Å². The van der Waals surface area contributed by atoms with Gasteiger partial charge in [-0.3, -0.25) is 4.79 Å². The van der Waals surface area contributed by atoms with Crippen molar-refractivity contribution in [1.82, 2.24) is 4.98 Å². The van der Waals surface area contributed by atoms with Crippen molar-refractivity contribution in [3.05, 3.63) is 21.5 Å². The minimum absolute atomic E-state index is 0.302. The Morgan fingerprint density at radius 3 is 3.00 bits per heavy atom. The maximum absolute atomic E-state index is 10.6. The number of ether oxygens (including phenoxy) is 1. The molecule has 0 spiro atoms. The Bertz CT molecular complexity index is 336. The summed E-state index contributed by atoms with van der Waals surface area (Å²) in [6.07, 6.45) is 4.83. The molecule has 0 N–H and O–H groups in total. The monoisotopic (exact) mass is 289 g/mol. The number of hydrogen-bond donors (Lipinski definition) is 0. The predicted molar refractivity (Wildman–Crippen MR) is 56.0 cm³/mol. The van der Waals surface area contributed by atoms with E-state index >= 15 is 0 Å². The second kappa shape index (κ2) is 3.61. The largest absolute Gasteiger partial charge is 0.487 e. The van der Waals surface area contributed by atoms with Crippen molar-refractivity contribution in [3.8, 4) is 5.75 Å². The Morgan fingerprint density at radius 1 is 1.62 bits per heavy atom. The second-order valence-electron chi connectivity index (χ2n) is 2.94. The molecule has 1 saturated carbocycles. The van der Waals surface area contributed by atoms with Crippen molar-refractivity contribution in [2.24, 2.45) is 0 Å². The van der Waals surface area contributed by atoms with Crippen molar-refractivity contribution in [3.63, 3.8) is 0 Å². The molecule has 0 amide bonds. The summed E-state index contributed by atoms with van der Waals surface area (Å²) in [7, 11) is 0. The van der Waals surface area contributed by atoms with E-state index in [1.165, 1.54) is 0 Å². The molecular formula is C9H8INO2. The lowest BCUT2D eigenvalue weighted by Gasteiger charge is -2.07. The lowest BCUT2D eigenvalue weighted by molar-refractivity contribution is 0.111. The molecule has 0 atom stereocenters. The molecule has 4 heteroatoms. The third-order valence-electron chi connectivity index (χ3n) is 1.80. The van der Waals surface area contributed by atoms with E-state index < -0.39 is 0 Å². The van der Waals surface area contributed by atoms with Crippen LogP contribution in [0.2, 0.25) is 0 Å². The molecule has 1 heterocycles. The minimum Gasteiger partial charge on any atom is -0.487 e. The van der Waals surface area contributed by atoms with Gasteiger partial charge in [0.25, 0.3) is 0 Å². The van der Waals surface area contributed by atoms with Gasteiger partial charge in [0.2, 0.25) is 0 Å². The van der Waals surface area contributed by atoms with Crippen LogP contribution in [0.3, 0.4) is 0 Å². The molecule has 0 unspecified atom stereocenters. The van der Waals surface area contributed by atoms with Gasteiger partial charge in [-0.1, -0.05) is 0 Å². The van der Waals surface area contributed by atoms with Crippen molar-refractivity contribution >= 4 is 28.9 Å². The molecule has 1 aliphatic carbocycles. The van der Waals surface area contributed by atoms with Crippen LogP contribution >= 0.6 is 22.6 Å². The standard InChI is InChI=1S/C9H8INO2/c10-7-3-4-11-8(5-12)9(7)13-6-1-2-6/h3-6H,1-2H2. The fourth-order valence-electron chi connectivity index (χ4n) is 0.993. The Balaban J connectivity index is 2.32. The van der Waals surface area contributed by atoms with Gasteiger partial charge in [0.1, 0.15) is 5.69 Å². The predicted octanol–water partition coefficient (Wildman–Crippen LogP) is 2.04. The summed E-state index contributed by atoms with van der Waals surface area (Å²) >= 11 is 2.15. The van der Waals surface area contributed by atoms with Gasteiger partial charge in [0, 0.05) is 6.20 Å². The van der Waals surface area contributed by atoms with E-state index in [1.54, 1.807) is 6.20 Å². The summed E-state index contributed by atoms with van der Waals surface area (Å²) in [4.78, 5) is 14.6. The molecule has 13 heavy (non-hydrogen) atoms. The Labute approximate surface area is 89.6 Å². The quantitative estimate of drug-likeness (QED) is 0.631. The van der Waals surface area contributed by atoms with Crippen LogP contribution in [-0.4, -0.2) is 17.4 Å². The zero-order chi connectivity index (χ0) is 9.26. The smallest absolute Gasteiger partial charge is 0.172 e. The average molecular weight is 289 g/mol. The third-order valence-corrected chi connectivity index (χ3v) is 2.65. The lowest BCUT2D eigenvalue weighted by atomic mass is 10.3. The summed E-state index contributed by atoms with van der Waals surface area (Å²) in [6, 6.07) is 1.84. The zero-order valence-corrected chi connectivity index (χ0v) is 9.02. The second-order valence-corrected chi connectivity index (χ2v) is 4.10. The van der Waals surface area contributed by atoms with Gasteiger partial charge in [-0.15, -0.1) is 0 Å². The number of aromatic nitrogens is 1. The van der Waals surface area contributed by atoms with Crippen LogP contribution in [0.5, 0.6) is 5.75 Å². The lowest BCUT2D eigenvalue weighted by Crippen LogP contribution is -2.02. The Hall–Kier alpha value is -0.650. The van der Waals surface area contributed by atoms with Gasteiger partial charge in [0.05, 0.1) is 9.67 Å². The first-order chi connectivity index (χ1) is 6.31. The number of carbonyl (C=O) groups is 1. The van der Waals surface area contributed by atoms with E-state index in [2.05, 4.69) is 27.6 Å².